The summed E-state index contributed by atoms with van der Waals surface area (Å²) in [7, 11) is 0. The molecule has 0 saturated carbocycles. The van der Waals surface area contributed by atoms with Crippen LogP contribution in [0.25, 0.3) is 0 Å². The van der Waals surface area contributed by atoms with Gasteiger partial charge in [0, 0.05) is 19.3 Å². The molecule has 79 heavy (non-hydrogen) atoms. The first kappa shape index (κ1) is 75.8. The lowest BCUT2D eigenvalue weighted by Crippen LogP contribution is -2.30. The van der Waals surface area contributed by atoms with E-state index in [9.17, 15) is 14.4 Å². The number of carbonyl (C=O) groups is 3. The Kier molecular flexibility index (Phi) is 64.7. The van der Waals surface area contributed by atoms with Crippen LogP contribution in [0.3, 0.4) is 0 Å². The maximum Gasteiger partial charge on any atom is 0.306 e. The van der Waals surface area contributed by atoms with Gasteiger partial charge in [-0.2, -0.15) is 0 Å². The van der Waals surface area contributed by atoms with Crippen molar-refractivity contribution in [3.63, 3.8) is 0 Å². The van der Waals surface area contributed by atoms with Crippen LogP contribution < -0.4 is 0 Å². The van der Waals surface area contributed by atoms with Gasteiger partial charge in [-0.05, 0) is 89.9 Å². The van der Waals surface area contributed by atoms with E-state index in [-0.39, 0.29) is 31.1 Å². The van der Waals surface area contributed by atoms with Crippen molar-refractivity contribution in [3.05, 3.63) is 72.9 Å². The summed E-state index contributed by atoms with van der Waals surface area (Å²) in [6, 6.07) is 0. The molecule has 0 saturated heterocycles. The summed E-state index contributed by atoms with van der Waals surface area (Å²) in [5, 5.41) is 0. The number of esters is 3. The maximum atomic E-state index is 12.9. The third kappa shape index (κ3) is 65.5. The number of allylic oxidation sites excluding steroid dienone is 12. The average molecular weight is 1100 g/mol. The van der Waals surface area contributed by atoms with Crippen LogP contribution in [0.5, 0.6) is 0 Å². The molecule has 0 aliphatic heterocycles. The molecule has 0 heterocycles. The predicted molar refractivity (Wildman–Crippen MR) is 344 cm³/mol. The first-order valence-electron chi connectivity index (χ1n) is 34.4. The van der Waals surface area contributed by atoms with Crippen LogP contribution in [0.15, 0.2) is 72.9 Å². The summed E-state index contributed by atoms with van der Waals surface area (Å²) in [6.07, 6.45) is 87.8. The second-order valence-corrected chi connectivity index (χ2v) is 23.1. The van der Waals surface area contributed by atoms with E-state index in [0.29, 0.717) is 19.3 Å². The molecule has 0 N–H and O–H groups in total. The highest BCUT2D eigenvalue weighted by Crippen LogP contribution is 2.18. The quantitative estimate of drug-likeness (QED) is 0.0261. The first-order valence-corrected chi connectivity index (χ1v) is 34.4. The molecule has 0 aliphatic rings. The van der Waals surface area contributed by atoms with Gasteiger partial charge in [0.1, 0.15) is 13.2 Å². The number of hydrogen-bond acceptors (Lipinski definition) is 6. The molecule has 6 heteroatoms. The lowest BCUT2D eigenvalue weighted by atomic mass is 10.0. The minimum atomic E-state index is -0.793. The average Bonchev–Trinajstić information content (AvgIpc) is 3.45. The lowest BCUT2D eigenvalue weighted by Gasteiger charge is -2.18. The van der Waals surface area contributed by atoms with Crippen molar-refractivity contribution in [3.8, 4) is 0 Å². The van der Waals surface area contributed by atoms with Crippen LogP contribution in [0, 0.1) is 0 Å². The Hall–Kier alpha value is -3.15. The molecule has 0 amide bonds. The minimum absolute atomic E-state index is 0.0851. The smallest absolute Gasteiger partial charge is 0.306 e. The molecule has 0 aliphatic carbocycles. The van der Waals surface area contributed by atoms with E-state index >= 15 is 0 Å². The van der Waals surface area contributed by atoms with E-state index in [1.807, 2.05) is 0 Å². The lowest BCUT2D eigenvalue weighted by molar-refractivity contribution is -0.167. The molecule has 0 radical (unpaired) electrons. The summed E-state index contributed by atoms with van der Waals surface area (Å²) in [5.41, 5.74) is 0. The molecule has 0 bridgehead atoms. The van der Waals surface area contributed by atoms with Gasteiger partial charge in [-0.1, -0.05) is 318 Å². The SMILES string of the molecule is CC/C=C\C/C=C\C/C=C\C/C=C\C/C=C\CCCCCC(=O)OC(COC(=O)CCCCCCCCCCCCCCC/C=C\CCCCCCCCCC)COC(=O)CCCCCCCCCCCCCCCCCCC. The Bertz CT molecular complexity index is 1450. The molecule has 0 aromatic rings. The molecule has 0 fully saturated rings. The van der Waals surface area contributed by atoms with Crippen molar-refractivity contribution in [1.82, 2.24) is 0 Å². The van der Waals surface area contributed by atoms with Crippen LogP contribution in [0.1, 0.15) is 355 Å². The highest BCUT2D eigenvalue weighted by molar-refractivity contribution is 5.71. The van der Waals surface area contributed by atoms with Crippen LogP contribution in [0.2, 0.25) is 0 Å². The molecule has 0 aromatic carbocycles. The zero-order chi connectivity index (χ0) is 57.1. The van der Waals surface area contributed by atoms with Crippen molar-refractivity contribution in [2.24, 2.45) is 0 Å². The third-order valence-electron chi connectivity index (χ3n) is 15.2. The topological polar surface area (TPSA) is 78.9 Å². The fraction of sp³-hybridized carbons (Fsp3) is 0.795. The van der Waals surface area contributed by atoms with E-state index in [0.717, 1.165) is 96.3 Å². The standard InChI is InChI=1S/C73H130O6/c1-4-7-10-13-16-19-22-25-28-31-33-34-35-36-37-38-40-42-45-48-51-54-57-60-63-66-72(75)78-69-70(68-77-71(74)65-62-59-56-53-50-47-44-41-30-27-24-21-18-15-12-9-6-3)79-73(76)67-64-61-58-55-52-49-46-43-39-32-29-26-23-20-17-14-11-8-5-2/h8,11,17,20,26,29,31,33,39,43,49,52,70H,4-7,9-10,12-16,18-19,21-25,27-28,30,32,34-38,40-42,44-48,50-51,53-69H2,1-3H3/b11-8-,20-17-,29-26-,33-31-,43-39-,52-49-. The predicted octanol–water partition coefficient (Wildman–Crippen LogP) is 23.7. The van der Waals surface area contributed by atoms with Crippen LogP contribution in [-0.4, -0.2) is 37.2 Å². The Morgan fingerprint density at radius 2 is 0.494 bits per heavy atom. The highest BCUT2D eigenvalue weighted by Gasteiger charge is 2.19. The number of hydrogen-bond donors (Lipinski definition) is 0. The highest BCUT2D eigenvalue weighted by atomic mass is 16.6. The van der Waals surface area contributed by atoms with Gasteiger partial charge in [0.25, 0.3) is 0 Å². The maximum absolute atomic E-state index is 12.9. The van der Waals surface area contributed by atoms with E-state index < -0.39 is 6.10 Å². The second kappa shape index (κ2) is 67.4. The van der Waals surface area contributed by atoms with Gasteiger partial charge >= 0.3 is 17.9 Å². The zero-order valence-corrected chi connectivity index (χ0v) is 52.6. The van der Waals surface area contributed by atoms with Crippen molar-refractivity contribution in [1.29, 1.82) is 0 Å². The van der Waals surface area contributed by atoms with Gasteiger partial charge in [-0.25, -0.2) is 0 Å². The fourth-order valence-electron chi connectivity index (χ4n) is 10.1. The normalized spacial score (nSPS) is 12.5. The molecule has 1 unspecified atom stereocenters. The van der Waals surface area contributed by atoms with E-state index in [1.165, 1.54) is 218 Å². The number of rotatable bonds is 63. The van der Waals surface area contributed by atoms with Gasteiger partial charge in [0.05, 0.1) is 0 Å². The minimum Gasteiger partial charge on any atom is -0.462 e. The zero-order valence-electron chi connectivity index (χ0n) is 52.6. The van der Waals surface area contributed by atoms with Gasteiger partial charge in [0.2, 0.25) is 0 Å². The van der Waals surface area contributed by atoms with Crippen molar-refractivity contribution in [2.45, 2.75) is 361 Å². The Morgan fingerprint density at radius 3 is 0.797 bits per heavy atom. The molecule has 0 rings (SSSR count). The Labute approximate surface area is 491 Å². The summed E-state index contributed by atoms with van der Waals surface area (Å²) in [4.78, 5) is 38.4. The summed E-state index contributed by atoms with van der Waals surface area (Å²) >= 11 is 0. The van der Waals surface area contributed by atoms with Crippen LogP contribution >= 0.6 is 0 Å². The number of ether oxygens (including phenoxy) is 3. The molecule has 0 aromatic heterocycles. The van der Waals surface area contributed by atoms with Gasteiger partial charge in [-0.3, -0.25) is 14.4 Å². The van der Waals surface area contributed by atoms with E-state index in [1.54, 1.807) is 0 Å². The summed E-state index contributed by atoms with van der Waals surface area (Å²) in [6.45, 7) is 6.56. The van der Waals surface area contributed by atoms with Crippen LogP contribution in [0.4, 0.5) is 0 Å². The molecular formula is C73H130O6. The van der Waals surface area contributed by atoms with E-state index in [2.05, 4.69) is 93.7 Å². The van der Waals surface area contributed by atoms with Crippen LogP contribution in [-0.2, 0) is 28.6 Å². The monoisotopic (exact) mass is 1100 g/mol. The van der Waals surface area contributed by atoms with Crippen molar-refractivity contribution >= 4 is 17.9 Å². The Balaban J connectivity index is 4.35. The molecule has 6 nitrogen and oxygen atoms in total. The van der Waals surface area contributed by atoms with Gasteiger partial charge in [0.15, 0.2) is 6.10 Å². The van der Waals surface area contributed by atoms with Gasteiger partial charge in [-0.15, -0.1) is 0 Å². The molecule has 458 valence electrons. The second-order valence-electron chi connectivity index (χ2n) is 23.1. The number of unbranched alkanes of at least 4 members (excludes halogenated alkanes) is 40. The van der Waals surface area contributed by atoms with E-state index in [4.69, 9.17) is 14.2 Å². The van der Waals surface area contributed by atoms with Gasteiger partial charge < -0.3 is 14.2 Å². The van der Waals surface area contributed by atoms with Crippen molar-refractivity contribution < 1.29 is 28.6 Å². The Morgan fingerprint density at radius 1 is 0.266 bits per heavy atom. The molecular weight excluding hydrogens is 973 g/mol. The van der Waals surface area contributed by atoms with Crippen molar-refractivity contribution in [2.75, 3.05) is 13.2 Å². The third-order valence-corrected chi connectivity index (χ3v) is 15.2. The summed E-state index contributed by atoms with van der Waals surface area (Å²) < 4.78 is 17.0. The fourth-order valence-corrected chi connectivity index (χ4v) is 10.1. The largest absolute Gasteiger partial charge is 0.462 e. The summed E-state index contributed by atoms with van der Waals surface area (Å²) in [5.74, 6) is -0.897. The number of carbonyl (C=O) groups excluding carboxylic acids is 3. The molecule has 1 atom stereocenters. The molecule has 0 spiro atoms. The first-order chi connectivity index (χ1) is 39.0.